The van der Waals surface area contributed by atoms with Crippen LogP contribution in [0.5, 0.6) is 5.88 Å². The predicted octanol–water partition coefficient (Wildman–Crippen LogP) is 3.20. The van der Waals surface area contributed by atoms with Crippen molar-refractivity contribution < 1.29 is 9.47 Å². The van der Waals surface area contributed by atoms with Crippen molar-refractivity contribution in [2.75, 3.05) is 25.6 Å². The van der Waals surface area contributed by atoms with Gasteiger partial charge in [-0.15, -0.1) is 0 Å². The summed E-state index contributed by atoms with van der Waals surface area (Å²) in [6.07, 6.45) is 8.58. The van der Waals surface area contributed by atoms with E-state index in [9.17, 15) is 0 Å². The van der Waals surface area contributed by atoms with Gasteiger partial charge >= 0.3 is 0 Å². The number of aromatic nitrogens is 2. The number of nitrogens with zero attached hydrogens (tertiary/aromatic N) is 2. The zero-order chi connectivity index (χ0) is 14.9. The van der Waals surface area contributed by atoms with E-state index in [4.69, 9.17) is 9.47 Å². The van der Waals surface area contributed by atoms with Crippen molar-refractivity contribution >= 4 is 5.82 Å². The second kappa shape index (κ2) is 8.82. The van der Waals surface area contributed by atoms with Gasteiger partial charge in [0.25, 0.3) is 0 Å². The molecule has 1 aromatic heterocycles. The summed E-state index contributed by atoms with van der Waals surface area (Å²) in [5.74, 6) is 2.34. The quantitative estimate of drug-likeness (QED) is 0.618. The monoisotopic (exact) mass is 293 g/mol. The van der Waals surface area contributed by atoms with Gasteiger partial charge in [0.1, 0.15) is 18.2 Å². The number of rotatable bonds is 7. The van der Waals surface area contributed by atoms with E-state index >= 15 is 0 Å². The van der Waals surface area contributed by atoms with Crippen LogP contribution in [-0.4, -0.2) is 36.3 Å². The molecule has 1 aliphatic rings. The standard InChI is InChI=1S/C16H27N3O2/c1-3-14-18-15(12-16(19-14)21-11-10-20-2)17-13-8-6-4-5-7-9-13/h12-13H,3-11H2,1-2H3,(H,17,18,19). The second-order valence-electron chi connectivity index (χ2n) is 5.54. The molecule has 0 amide bonds. The molecule has 1 heterocycles. The number of ether oxygens (including phenoxy) is 2. The molecule has 1 fully saturated rings. The fourth-order valence-electron chi connectivity index (χ4n) is 2.64. The molecule has 0 saturated heterocycles. The lowest BCUT2D eigenvalue weighted by Crippen LogP contribution is -2.20. The van der Waals surface area contributed by atoms with E-state index in [-0.39, 0.29) is 0 Å². The van der Waals surface area contributed by atoms with Crippen molar-refractivity contribution in [3.8, 4) is 5.88 Å². The van der Waals surface area contributed by atoms with Gasteiger partial charge in [-0.05, 0) is 12.8 Å². The molecule has 2 rings (SSSR count). The van der Waals surface area contributed by atoms with Crippen molar-refractivity contribution in [2.45, 2.75) is 57.9 Å². The Labute approximate surface area is 127 Å². The first kappa shape index (κ1) is 16.0. The normalized spacial score (nSPS) is 16.5. The summed E-state index contributed by atoms with van der Waals surface area (Å²) < 4.78 is 10.6. The number of methoxy groups -OCH3 is 1. The number of aryl methyl sites for hydroxylation is 1. The molecular weight excluding hydrogens is 266 g/mol. The summed E-state index contributed by atoms with van der Waals surface area (Å²) >= 11 is 0. The molecule has 1 aliphatic carbocycles. The molecule has 0 bridgehead atoms. The Morgan fingerprint density at radius 2 is 1.90 bits per heavy atom. The van der Waals surface area contributed by atoms with Gasteiger partial charge in [-0.3, -0.25) is 0 Å². The van der Waals surface area contributed by atoms with Gasteiger partial charge in [0, 0.05) is 25.6 Å². The minimum absolute atomic E-state index is 0.513. The van der Waals surface area contributed by atoms with Gasteiger partial charge in [-0.2, -0.15) is 4.98 Å². The molecule has 1 N–H and O–H groups in total. The van der Waals surface area contributed by atoms with Crippen LogP contribution in [-0.2, 0) is 11.2 Å². The van der Waals surface area contributed by atoms with Gasteiger partial charge in [-0.1, -0.05) is 32.6 Å². The summed E-state index contributed by atoms with van der Waals surface area (Å²) in [6.45, 7) is 3.14. The Balaban J connectivity index is 2.00. The molecule has 0 aromatic carbocycles. The molecule has 0 aliphatic heterocycles. The maximum absolute atomic E-state index is 5.63. The highest BCUT2D eigenvalue weighted by Crippen LogP contribution is 2.22. The molecule has 0 spiro atoms. The summed E-state index contributed by atoms with van der Waals surface area (Å²) in [6, 6.07) is 2.43. The summed E-state index contributed by atoms with van der Waals surface area (Å²) in [5.41, 5.74) is 0. The minimum Gasteiger partial charge on any atom is -0.475 e. The molecule has 0 radical (unpaired) electrons. The smallest absolute Gasteiger partial charge is 0.218 e. The fraction of sp³-hybridized carbons (Fsp3) is 0.750. The predicted molar refractivity (Wildman–Crippen MR) is 83.9 cm³/mol. The van der Waals surface area contributed by atoms with Gasteiger partial charge < -0.3 is 14.8 Å². The van der Waals surface area contributed by atoms with Crippen LogP contribution in [0, 0.1) is 0 Å². The lowest BCUT2D eigenvalue weighted by molar-refractivity contribution is 0.143. The molecule has 118 valence electrons. The Hall–Kier alpha value is -1.36. The SMILES string of the molecule is CCc1nc(NC2CCCCCC2)cc(OCCOC)n1. The lowest BCUT2D eigenvalue weighted by atomic mass is 10.1. The van der Waals surface area contributed by atoms with E-state index in [0.717, 1.165) is 18.1 Å². The van der Waals surface area contributed by atoms with Crippen LogP contribution in [0.25, 0.3) is 0 Å². The molecular formula is C16H27N3O2. The Bertz CT molecular complexity index is 418. The van der Waals surface area contributed by atoms with Crippen molar-refractivity contribution in [2.24, 2.45) is 0 Å². The van der Waals surface area contributed by atoms with Crippen molar-refractivity contribution in [1.29, 1.82) is 0 Å². The minimum atomic E-state index is 0.513. The van der Waals surface area contributed by atoms with Crippen LogP contribution < -0.4 is 10.1 Å². The Morgan fingerprint density at radius 1 is 1.14 bits per heavy atom. The van der Waals surface area contributed by atoms with E-state index in [1.54, 1.807) is 7.11 Å². The van der Waals surface area contributed by atoms with E-state index in [1.165, 1.54) is 38.5 Å². The largest absolute Gasteiger partial charge is 0.475 e. The Morgan fingerprint density at radius 3 is 2.57 bits per heavy atom. The third-order valence-corrected chi connectivity index (χ3v) is 3.81. The Kier molecular flexibility index (Phi) is 6.73. The van der Waals surface area contributed by atoms with Gasteiger partial charge in [-0.25, -0.2) is 4.98 Å². The molecule has 5 nitrogen and oxygen atoms in total. The molecule has 21 heavy (non-hydrogen) atoms. The van der Waals surface area contributed by atoms with Crippen molar-refractivity contribution in [3.63, 3.8) is 0 Å². The van der Waals surface area contributed by atoms with Crippen molar-refractivity contribution in [1.82, 2.24) is 9.97 Å². The van der Waals surface area contributed by atoms with Gasteiger partial charge in [0.05, 0.1) is 6.61 Å². The highest BCUT2D eigenvalue weighted by molar-refractivity contribution is 5.39. The first-order valence-corrected chi connectivity index (χ1v) is 8.08. The topological polar surface area (TPSA) is 56.3 Å². The molecule has 0 atom stereocenters. The average Bonchev–Trinajstić information content (AvgIpc) is 2.76. The summed E-state index contributed by atoms with van der Waals surface area (Å²) in [5, 5.41) is 3.56. The van der Waals surface area contributed by atoms with Crippen LogP contribution >= 0.6 is 0 Å². The number of hydrogen-bond acceptors (Lipinski definition) is 5. The number of nitrogens with one attached hydrogen (secondary N) is 1. The van der Waals surface area contributed by atoms with Crippen LogP contribution in [0.2, 0.25) is 0 Å². The number of anilines is 1. The van der Waals surface area contributed by atoms with Crippen LogP contribution in [0.15, 0.2) is 6.07 Å². The summed E-state index contributed by atoms with van der Waals surface area (Å²) in [7, 11) is 1.67. The van der Waals surface area contributed by atoms with E-state index in [2.05, 4.69) is 22.2 Å². The van der Waals surface area contributed by atoms with Crippen LogP contribution in [0.4, 0.5) is 5.82 Å². The lowest BCUT2D eigenvalue weighted by Gasteiger charge is -2.18. The summed E-state index contributed by atoms with van der Waals surface area (Å²) in [4.78, 5) is 8.98. The third-order valence-electron chi connectivity index (χ3n) is 3.81. The van der Waals surface area contributed by atoms with Crippen LogP contribution in [0.3, 0.4) is 0 Å². The van der Waals surface area contributed by atoms with E-state index in [1.807, 2.05) is 6.07 Å². The zero-order valence-electron chi connectivity index (χ0n) is 13.2. The molecule has 5 heteroatoms. The number of hydrogen-bond donors (Lipinski definition) is 1. The van der Waals surface area contributed by atoms with Gasteiger partial charge in [0.2, 0.25) is 5.88 Å². The molecule has 0 unspecified atom stereocenters. The molecule has 1 saturated carbocycles. The van der Waals surface area contributed by atoms with E-state index < -0.39 is 0 Å². The second-order valence-corrected chi connectivity index (χ2v) is 5.54. The first-order valence-electron chi connectivity index (χ1n) is 8.08. The third kappa shape index (κ3) is 5.50. The van der Waals surface area contributed by atoms with Crippen molar-refractivity contribution in [3.05, 3.63) is 11.9 Å². The average molecular weight is 293 g/mol. The fourth-order valence-corrected chi connectivity index (χ4v) is 2.64. The molecule has 1 aromatic rings. The zero-order valence-corrected chi connectivity index (χ0v) is 13.2. The maximum Gasteiger partial charge on any atom is 0.218 e. The van der Waals surface area contributed by atoms with E-state index in [0.29, 0.717) is 25.1 Å². The van der Waals surface area contributed by atoms with Gasteiger partial charge in [0.15, 0.2) is 0 Å². The maximum atomic E-state index is 5.63. The highest BCUT2D eigenvalue weighted by Gasteiger charge is 2.13. The first-order chi connectivity index (χ1) is 10.3. The van der Waals surface area contributed by atoms with Crippen LogP contribution in [0.1, 0.15) is 51.3 Å². The highest BCUT2D eigenvalue weighted by atomic mass is 16.5.